The van der Waals surface area contributed by atoms with E-state index >= 15 is 0 Å². The van der Waals surface area contributed by atoms with Crippen molar-refractivity contribution in [2.75, 3.05) is 46.7 Å². The van der Waals surface area contributed by atoms with Gasteiger partial charge >= 0.3 is 5.97 Å². The molecule has 0 spiro atoms. The first-order valence-electron chi connectivity index (χ1n) is 14.5. The molecule has 11 heteroatoms. The molecule has 1 unspecified atom stereocenters. The second-order valence-corrected chi connectivity index (χ2v) is 11.8. The molecular weight excluding hydrogens is 568 g/mol. The number of methoxy groups -OCH3 is 1. The number of carboxylic acids is 1. The number of benzene rings is 2. The van der Waals surface area contributed by atoms with Crippen LogP contribution in [0, 0.1) is 5.41 Å². The van der Waals surface area contributed by atoms with Gasteiger partial charge in [0.05, 0.1) is 56.9 Å². The fourth-order valence-electron chi connectivity index (χ4n) is 5.63. The summed E-state index contributed by atoms with van der Waals surface area (Å²) >= 11 is 0. The van der Waals surface area contributed by atoms with Crippen molar-refractivity contribution in [3.05, 3.63) is 81.1 Å². The largest absolute Gasteiger partial charge is 0.493 e. The van der Waals surface area contributed by atoms with Crippen LogP contribution in [0.3, 0.4) is 0 Å². The van der Waals surface area contributed by atoms with Crippen LogP contribution in [0.1, 0.15) is 63.5 Å². The van der Waals surface area contributed by atoms with E-state index in [1.807, 2.05) is 16.7 Å². The zero-order chi connectivity index (χ0) is 31.6. The molecule has 0 radical (unpaired) electrons. The van der Waals surface area contributed by atoms with Crippen molar-refractivity contribution >= 4 is 17.8 Å². The molecule has 44 heavy (non-hydrogen) atoms. The van der Waals surface area contributed by atoms with Crippen LogP contribution < -0.4 is 14.9 Å². The van der Waals surface area contributed by atoms with E-state index in [-0.39, 0.29) is 48.6 Å². The third-order valence-electron chi connectivity index (χ3n) is 7.92. The number of carboxylic acid groups (broad SMARTS) is 1. The molecule has 232 valence electrons. The van der Waals surface area contributed by atoms with E-state index in [4.69, 9.17) is 18.9 Å². The Morgan fingerprint density at radius 1 is 0.886 bits per heavy atom. The molecule has 1 N–H and O–H groups in total. The maximum absolute atomic E-state index is 12.6. The number of imide groups is 1. The predicted molar refractivity (Wildman–Crippen MR) is 161 cm³/mol. The van der Waals surface area contributed by atoms with E-state index in [0.29, 0.717) is 54.6 Å². The molecule has 0 aliphatic carbocycles. The molecule has 1 aromatic heterocycles. The monoisotopic (exact) mass is 604 g/mol. The highest BCUT2D eigenvalue weighted by atomic mass is 16.6. The molecule has 3 aromatic rings. The van der Waals surface area contributed by atoms with Gasteiger partial charge in [-0.2, -0.15) is 0 Å². The number of pyridine rings is 1. The third-order valence-corrected chi connectivity index (χ3v) is 7.92. The minimum Gasteiger partial charge on any atom is -0.493 e. The fourth-order valence-corrected chi connectivity index (χ4v) is 5.63. The lowest BCUT2D eigenvalue weighted by Gasteiger charge is -2.39. The van der Waals surface area contributed by atoms with Gasteiger partial charge in [-0.15, -0.1) is 0 Å². The number of rotatable bonds is 12. The minimum atomic E-state index is -1.25. The van der Waals surface area contributed by atoms with Crippen LogP contribution >= 0.6 is 0 Å². The van der Waals surface area contributed by atoms with E-state index in [9.17, 15) is 24.3 Å². The molecule has 3 heterocycles. The Kier molecular flexibility index (Phi) is 8.89. The van der Waals surface area contributed by atoms with Crippen LogP contribution in [0.25, 0.3) is 11.3 Å². The normalized spacial score (nSPS) is 15.5. The first kappa shape index (κ1) is 31.0. The Morgan fingerprint density at radius 3 is 2.14 bits per heavy atom. The van der Waals surface area contributed by atoms with Crippen LogP contribution in [0.4, 0.5) is 0 Å². The first-order chi connectivity index (χ1) is 21.0. The minimum absolute atomic E-state index is 0.0923. The molecule has 5 rings (SSSR count). The van der Waals surface area contributed by atoms with E-state index in [1.165, 1.54) is 24.3 Å². The molecule has 2 aliphatic heterocycles. The topological polar surface area (TPSA) is 134 Å². The molecule has 11 nitrogen and oxygen atoms in total. The molecule has 0 saturated carbocycles. The Balaban J connectivity index is 1.14. The van der Waals surface area contributed by atoms with E-state index < -0.39 is 11.4 Å². The van der Waals surface area contributed by atoms with Crippen molar-refractivity contribution in [2.24, 2.45) is 5.41 Å². The highest BCUT2D eigenvalue weighted by Gasteiger charge is 2.35. The van der Waals surface area contributed by atoms with Gasteiger partial charge in [0.25, 0.3) is 11.8 Å². The van der Waals surface area contributed by atoms with Gasteiger partial charge in [0.2, 0.25) is 0 Å². The number of nitrogens with zero attached hydrogens (tertiary/aromatic N) is 2. The highest BCUT2D eigenvalue weighted by molar-refractivity contribution is 6.21. The van der Waals surface area contributed by atoms with Crippen LogP contribution in [0.15, 0.2) is 53.5 Å². The molecule has 0 bridgehead atoms. The second-order valence-electron chi connectivity index (χ2n) is 11.8. The van der Waals surface area contributed by atoms with Gasteiger partial charge in [-0.3, -0.25) is 19.3 Å². The Morgan fingerprint density at radius 2 is 1.52 bits per heavy atom. The first-order valence-corrected chi connectivity index (χ1v) is 14.5. The quantitative estimate of drug-likeness (QED) is 0.240. The van der Waals surface area contributed by atoms with Gasteiger partial charge in [-0.05, 0) is 41.7 Å². The van der Waals surface area contributed by atoms with Crippen LogP contribution in [-0.2, 0) is 15.9 Å². The maximum Gasteiger partial charge on any atom is 0.341 e. The van der Waals surface area contributed by atoms with Crippen LogP contribution in [0.2, 0.25) is 0 Å². The van der Waals surface area contributed by atoms with Crippen molar-refractivity contribution in [3.8, 4) is 22.8 Å². The number of aromatic nitrogens is 1. The average Bonchev–Trinajstić information content (AvgIpc) is 3.23. The standard InChI is InChI=1S/C33H36N2O9/c1-33(2,3)29-16-20-15-28(27(41-4)17-23(20)25-18-26(36)24(32(39)40)19-35(25)29)44-14-13-43-12-11-42-10-9-34-30(37)21-7-5-6-8-22(21)31(34)38/h5-8,15,17-19,29H,9-14,16H2,1-4H3,(H,39,40). The fraction of sp³-hybridized carbons (Fsp3) is 0.394. The van der Waals surface area contributed by atoms with Crippen molar-refractivity contribution in [1.82, 2.24) is 9.47 Å². The van der Waals surface area contributed by atoms with Crippen LogP contribution in [-0.4, -0.2) is 79.0 Å². The van der Waals surface area contributed by atoms with E-state index in [0.717, 1.165) is 11.1 Å². The number of ether oxygens (including phenoxy) is 4. The van der Waals surface area contributed by atoms with Gasteiger partial charge < -0.3 is 28.6 Å². The van der Waals surface area contributed by atoms with Gasteiger partial charge in [0.15, 0.2) is 16.9 Å². The zero-order valence-corrected chi connectivity index (χ0v) is 25.3. The Bertz CT molecular complexity index is 1620. The van der Waals surface area contributed by atoms with Gasteiger partial charge in [-0.1, -0.05) is 32.9 Å². The van der Waals surface area contributed by atoms with E-state index in [2.05, 4.69) is 20.8 Å². The number of hydrogen-bond acceptors (Lipinski definition) is 8. The number of carbonyl (C=O) groups excluding carboxylic acids is 2. The SMILES string of the molecule is COc1cc2c(cc1OCCOCCOCCN1C(=O)c3ccccc3C1=O)CC(C(C)(C)C)n1cc(C(=O)O)c(=O)cc1-2. The number of carbonyl (C=O) groups is 3. The number of fused-ring (bicyclic) bond motifs is 4. The number of amides is 2. The summed E-state index contributed by atoms with van der Waals surface area (Å²) in [4.78, 5) is 50.3. The lowest BCUT2D eigenvalue weighted by molar-refractivity contribution is 0.0280. The maximum atomic E-state index is 12.6. The van der Waals surface area contributed by atoms with Crippen molar-refractivity contribution in [2.45, 2.75) is 33.2 Å². The number of hydrogen-bond donors (Lipinski definition) is 1. The van der Waals surface area contributed by atoms with E-state index in [1.54, 1.807) is 24.3 Å². The summed E-state index contributed by atoms with van der Waals surface area (Å²) in [5.41, 5.74) is 2.20. The lowest BCUT2D eigenvalue weighted by Crippen LogP contribution is -2.33. The summed E-state index contributed by atoms with van der Waals surface area (Å²) in [6.45, 7) is 7.77. The molecule has 1 atom stereocenters. The molecule has 0 saturated heterocycles. The molecule has 2 aromatic carbocycles. The number of aromatic carboxylic acids is 1. The van der Waals surface area contributed by atoms with Crippen molar-refractivity contribution in [3.63, 3.8) is 0 Å². The van der Waals surface area contributed by atoms with Gasteiger partial charge in [0, 0.05) is 23.9 Å². The molecule has 2 amide bonds. The molecular formula is C33H36N2O9. The Labute approximate surface area is 254 Å². The van der Waals surface area contributed by atoms with Crippen LogP contribution in [0.5, 0.6) is 11.5 Å². The highest BCUT2D eigenvalue weighted by Crippen LogP contribution is 2.45. The molecule has 2 aliphatic rings. The molecule has 0 fully saturated rings. The van der Waals surface area contributed by atoms with Crippen molar-refractivity contribution in [1.29, 1.82) is 0 Å². The summed E-state index contributed by atoms with van der Waals surface area (Å²) in [5.74, 6) is -0.840. The Hall–Kier alpha value is -4.48. The lowest BCUT2D eigenvalue weighted by atomic mass is 9.78. The average molecular weight is 605 g/mol. The summed E-state index contributed by atoms with van der Waals surface area (Å²) in [5, 5.41) is 9.54. The second kappa shape index (κ2) is 12.6. The predicted octanol–water partition coefficient (Wildman–Crippen LogP) is 4.07. The summed E-state index contributed by atoms with van der Waals surface area (Å²) < 4.78 is 24.7. The summed E-state index contributed by atoms with van der Waals surface area (Å²) in [6, 6.07) is 11.8. The summed E-state index contributed by atoms with van der Waals surface area (Å²) in [7, 11) is 1.53. The van der Waals surface area contributed by atoms with Crippen molar-refractivity contribution < 1.29 is 38.4 Å². The smallest absolute Gasteiger partial charge is 0.341 e. The zero-order valence-electron chi connectivity index (χ0n) is 25.3. The van der Waals surface area contributed by atoms with Gasteiger partial charge in [0.1, 0.15) is 12.2 Å². The van der Waals surface area contributed by atoms with Gasteiger partial charge in [-0.25, -0.2) is 4.79 Å². The third kappa shape index (κ3) is 6.11. The summed E-state index contributed by atoms with van der Waals surface area (Å²) in [6.07, 6.45) is 2.06.